The van der Waals surface area contributed by atoms with Gasteiger partial charge in [-0.1, -0.05) is 36.4 Å². The lowest BCUT2D eigenvalue weighted by molar-refractivity contribution is -0.127. The summed E-state index contributed by atoms with van der Waals surface area (Å²) in [6, 6.07) is 19.0. The molecule has 0 bridgehead atoms. The number of carbonyl (C=O) groups is 2. The van der Waals surface area contributed by atoms with Crippen molar-refractivity contribution in [2.75, 3.05) is 38.2 Å². The summed E-state index contributed by atoms with van der Waals surface area (Å²) in [4.78, 5) is 25.5. The summed E-state index contributed by atoms with van der Waals surface area (Å²) < 4.78 is 5.31. The average Bonchev–Trinajstić information content (AvgIpc) is 2.66. The number of rotatable bonds is 9. The molecule has 6 heteroatoms. The number of anilines is 1. The van der Waals surface area contributed by atoms with Crippen molar-refractivity contribution in [3.63, 3.8) is 0 Å². The Morgan fingerprint density at radius 1 is 0.920 bits per heavy atom. The summed E-state index contributed by atoms with van der Waals surface area (Å²) >= 11 is 0. The number of ether oxygens (including phenoxy) is 1. The molecule has 132 valence electrons. The molecule has 2 N–H and O–H groups in total. The Morgan fingerprint density at radius 2 is 1.56 bits per heavy atom. The van der Waals surface area contributed by atoms with Crippen LogP contribution >= 0.6 is 0 Å². The van der Waals surface area contributed by atoms with Crippen molar-refractivity contribution in [1.29, 1.82) is 0 Å². The van der Waals surface area contributed by atoms with Gasteiger partial charge in [-0.2, -0.15) is 0 Å². The molecule has 2 aromatic carbocycles. The summed E-state index contributed by atoms with van der Waals surface area (Å²) in [6.45, 7) is 1.00. The van der Waals surface area contributed by atoms with Gasteiger partial charge in [0, 0.05) is 25.8 Å². The monoisotopic (exact) mass is 341 g/mol. The summed E-state index contributed by atoms with van der Waals surface area (Å²) in [6.07, 6.45) is 0. The highest BCUT2D eigenvalue weighted by atomic mass is 16.5. The molecule has 0 radical (unpaired) electrons. The zero-order chi connectivity index (χ0) is 17.9. The van der Waals surface area contributed by atoms with Crippen LogP contribution in [0.1, 0.15) is 0 Å². The minimum Gasteiger partial charge on any atom is -0.484 e. The molecule has 2 amide bonds. The minimum atomic E-state index is -0.333. The maximum atomic E-state index is 11.8. The first-order chi connectivity index (χ1) is 12.1. The maximum Gasteiger partial charge on any atom is 0.258 e. The van der Waals surface area contributed by atoms with Gasteiger partial charge in [0.25, 0.3) is 5.91 Å². The number of carbonyl (C=O) groups excluding carboxylic acids is 2. The molecule has 6 nitrogen and oxygen atoms in total. The molecule has 0 fully saturated rings. The Bertz CT molecular complexity index is 662. The fourth-order valence-electron chi connectivity index (χ4n) is 2.13. The van der Waals surface area contributed by atoms with Crippen molar-refractivity contribution in [1.82, 2.24) is 10.6 Å². The number of hydrogen-bond donors (Lipinski definition) is 2. The predicted octanol–water partition coefficient (Wildman–Crippen LogP) is 1.43. The van der Waals surface area contributed by atoms with Crippen LogP contribution < -0.4 is 20.3 Å². The van der Waals surface area contributed by atoms with Crippen LogP contribution in [-0.2, 0) is 9.59 Å². The molecular formula is C19H23N3O3. The lowest BCUT2D eigenvalue weighted by atomic mass is 10.3. The molecule has 0 saturated carbocycles. The van der Waals surface area contributed by atoms with E-state index in [-0.39, 0.29) is 25.0 Å². The minimum absolute atomic E-state index is 0.0635. The quantitative estimate of drug-likeness (QED) is 0.724. The Hall–Kier alpha value is -3.02. The van der Waals surface area contributed by atoms with Crippen molar-refractivity contribution >= 4 is 17.5 Å². The van der Waals surface area contributed by atoms with Gasteiger partial charge in [0.05, 0.1) is 6.54 Å². The van der Waals surface area contributed by atoms with Gasteiger partial charge in [0.15, 0.2) is 6.61 Å². The fraction of sp³-hybridized carbons (Fsp3) is 0.263. The average molecular weight is 341 g/mol. The fourth-order valence-corrected chi connectivity index (χ4v) is 2.13. The zero-order valence-corrected chi connectivity index (χ0v) is 14.3. The third-order valence-electron chi connectivity index (χ3n) is 3.53. The largest absolute Gasteiger partial charge is 0.484 e. The van der Waals surface area contributed by atoms with E-state index in [0.29, 0.717) is 18.8 Å². The molecule has 0 aliphatic rings. The Morgan fingerprint density at radius 3 is 2.24 bits per heavy atom. The molecule has 2 aromatic rings. The highest BCUT2D eigenvalue weighted by Crippen LogP contribution is 2.09. The highest BCUT2D eigenvalue weighted by Gasteiger charge is 2.07. The third kappa shape index (κ3) is 6.95. The van der Waals surface area contributed by atoms with Gasteiger partial charge < -0.3 is 20.3 Å². The van der Waals surface area contributed by atoms with Gasteiger partial charge in [0.2, 0.25) is 5.91 Å². The molecule has 0 aliphatic heterocycles. The third-order valence-corrected chi connectivity index (χ3v) is 3.53. The topological polar surface area (TPSA) is 70.7 Å². The molecule has 25 heavy (non-hydrogen) atoms. The van der Waals surface area contributed by atoms with Gasteiger partial charge in [-0.05, 0) is 24.3 Å². The van der Waals surface area contributed by atoms with E-state index in [4.69, 9.17) is 4.74 Å². The zero-order valence-electron chi connectivity index (χ0n) is 14.3. The number of nitrogens with zero attached hydrogens (tertiary/aromatic N) is 1. The molecule has 0 atom stereocenters. The summed E-state index contributed by atoms with van der Waals surface area (Å²) in [5, 5.41) is 5.31. The van der Waals surface area contributed by atoms with E-state index < -0.39 is 0 Å². The normalized spacial score (nSPS) is 9.96. The van der Waals surface area contributed by atoms with Crippen molar-refractivity contribution < 1.29 is 14.3 Å². The number of benzene rings is 2. The van der Waals surface area contributed by atoms with Crippen LogP contribution in [0.25, 0.3) is 0 Å². The van der Waals surface area contributed by atoms with Crippen molar-refractivity contribution in [3.8, 4) is 5.75 Å². The van der Waals surface area contributed by atoms with E-state index in [0.717, 1.165) is 5.69 Å². The summed E-state index contributed by atoms with van der Waals surface area (Å²) in [5.74, 6) is 0.0565. The van der Waals surface area contributed by atoms with Crippen LogP contribution in [0.5, 0.6) is 5.75 Å². The van der Waals surface area contributed by atoms with Gasteiger partial charge in [0.1, 0.15) is 5.75 Å². The van der Waals surface area contributed by atoms with Crippen molar-refractivity contribution in [3.05, 3.63) is 60.7 Å². The second-order valence-corrected chi connectivity index (χ2v) is 5.49. The van der Waals surface area contributed by atoms with Crippen LogP contribution in [0.4, 0.5) is 5.69 Å². The van der Waals surface area contributed by atoms with E-state index in [1.807, 2.05) is 60.5 Å². The molecular weight excluding hydrogens is 318 g/mol. The first-order valence-electron chi connectivity index (χ1n) is 8.12. The molecule has 2 rings (SSSR count). The van der Waals surface area contributed by atoms with Crippen molar-refractivity contribution in [2.45, 2.75) is 0 Å². The first kappa shape index (κ1) is 18.3. The Balaban J connectivity index is 1.58. The smallest absolute Gasteiger partial charge is 0.258 e. The van der Waals surface area contributed by atoms with Crippen LogP contribution in [-0.4, -0.2) is 45.1 Å². The molecule has 0 heterocycles. The molecule has 0 aromatic heterocycles. The molecule has 0 saturated heterocycles. The predicted molar refractivity (Wildman–Crippen MR) is 97.7 cm³/mol. The number of para-hydroxylation sites is 2. The van der Waals surface area contributed by atoms with Gasteiger partial charge >= 0.3 is 0 Å². The van der Waals surface area contributed by atoms with E-state index in [1.54, 1.807) is 12.1 Å². The maximum absolute atomic E-state index is 11.8. The first-order valence-corrected chi connectivity index (χ1v) is 8.12. The van der Waals surface area contributed by atoms with Crippen LogP contribution in [0.2, 0.25) is 0 Å². The molecule has 0 aliphatic carbocycles. The lowest BCUT2D eigenvalue weighted by Crippen LogP contribution is -2.41. The number of likely N-dealkylation sites (N-methyl/N-ethyl adjacent to an activating group) is 1. The SMILES string of the molecule is CN(CCNC(=O)CNC(=O)COc1ccccc1)c1ccccc1. The number of hydrogen-bond acceptors (Lipinski definition) is 4. The standard InChI is InChI=1S/C19H23N3O3/c1-22(16-8-4-2-5-9-16)13-12-20-18(23)14-21-19(24)15-25-17-10-6-3-7-11-17/h2-11H,12-15H2,1H3,(H,20,23)(H,21,24). The van der Waals surface area contributed by atoms with E-state index in [2.05, 4.69) is 10.6 Å². The lowest BCUT2D eigenvalue weighted by Gasteiger charge is -2.19. The number of amides is 2. The highest BCUT2D eigenvalue weighted by molar-refractivity contribution is 5.85. The molecule has 0 spiro atoms. The number of nitrogens with one attached hydrogen (secondary N) is 2. The second-order valence-electron chi connectivity index (χ2n) is 5.49. The van der Waals surface area contributed by atoms with E-state index in [1.165, 1.54) is 0 Å². The Kier molecular flexibility index (Phi) is 7.31. The van der Waals surface area contributed by atoms with Gasteiger partial charge in [-0.3, -0.25) is 9.59 Å². The van der Waals surface area contributed by atoms with Crippen molar-refractivity contribution in [2.24, 2.45) is 0 Å². The Labute approximate surface area is 147 Å². The van der Waals surface area contributed by atoms with Gasteiger partial charge in [-0.25, -0.2) is 0 Å². The summed E-state index contributed by atoms with van der Waals surface area (Å²) in [5.41, 5.74) is 1.09. The van der Waals surface area contributed by atoms with Crippen LogP contribution in [0.3, 0.4) is 0 Å². The molecule has 0 unspecified atom stereocenters. The van der Waals surface area contributed by atoms with Gasteiger partial charge in [-0.15, -0.1) is 0 Å². The van der Waals surface area contributed by atoms with Crippen LogP contribution in [0, 0.1) is 0 Å². The van der Waals surface area contributed by atoms with Crippen LogP contribution in [0.15, 0.2) is 60.7 Å². The second kappa shape index (κ2) is 9.97. The van der Waals surface area contributed by atoms with E-state index >= 15 is 0 Å². The summed E-state index contributed by atoms with van der Waals surface area (Å²) in [7, 11) is 1.96. The van der Waals surface area contributed by atoms with E-state index in [9.17, 15) is 9.59 Å².